The van der Waals surface area contributed by atoms with Gasteiger partial charge in [0.1, 0.15) is 11.6 Å². The SMILES string of the molecule is COC(=O)c1cccc2c1NC(c1ccc(F)cc1)O2. The molecule has 0 aliphatic carbocycles. The van der Waals surface area contributed by atoms with Gasteiger partial charge in [0.05, 0.1) is 18.4 Å². The molecule has 1 heterocycles. The number of ether oxygens (including phenoxy) is 2. The van der Waals surface area contributed by atoms with Crippen molar-refractivity contribution in [2.45, 2.75) is 6.23 Å². The summed E-state index contributed by atoms with van der Waals surface area (Å²) in [5, 5.41) is 3.11. The van der Waals surface area contributed by atoms with Crippen LogP contribution in [0, 0.1) is 5.82 Å². The highest BCUT2D eigenvalue weighted by Crippen LogP contribution is 2.40. The standard InChI is InChI=1S/C15H12FNO3/c1-19-15(18)11-3-2-4-12-13(11)17-14(20-12)9-5-7-10(16)8-6-9/h2-8,14,17H,1H3. The van der Waals surface area contributed by atoms with Gasteiger partial charge in [-0.2, -0.15) is 0 Å². The van der Waals surface area contributed by atoms with Crippen LogP contribution in [0.5, 0.6) is 5.75 Å². The van der Waals surface area contributed by atoms with Crippen molar-refractivity contribution >= 4 is 11.7 Å². The van der Waals surface area contributed by atoms with E-state index < -0.39 is 12.2 Å². The second kappa shape index (κ2) is 4.85. The lowest BCUT2D eigenvalue weighted by Gasteiger charge is -2.11. The van der Waals surface area contributed by atoms with Crippen LogP contribution in [0.4, 0.5) is 10.1 Å². The van der Waals surface area contributed by atoms with Crippen molar-refractivity contribution in [1.82, 2.24) is 0 Å². The fourth-order valence-electron chi connectivity index (χ4n) is 2.13. The first-order chi connectivity index (χ1) is 9.69. The smallest absolute Gasteiger partial charge is 0.340 e. The number of esters is 1. The van der Waals surface area contributed by atoms with E-state index in [2.05, 4.69) is 5.32 Å². The predicted octanol–water partition coefficient (Wildman–Crippen LogP) is 3.12. The van der Waals surface area contributed by atoms with E-state index in [0.29, 0.717) is 17.0 Å². The number of hydrogen-bond donors (Lipinski definition) is 1. The van der Waals surface area contributed by atoms with E-state index in [9.17, 15) is 9.18 Å². The Hall–Kier alpha value is -2.56. The van der Waals surface area contributed by atoms with Crippen LogP contribution in [-0.4, -0.2) is 13.1 Å². The van der Waals surface area contributed by atoms with Crippen molar-refractivity contribution in [2.75, 3.05) is 12.4 Å². The third-order valence-electron chi connectivity index (χ3n) is 3.12. The van der Waals surface area contributed by atoms with Crippen molar-refractivity contribution in [3.63, 3.8) is 0 Å². The number of methoxy groups -OCH3 is 1. The number of carbonyl (C=O) groups is 1. The van der Waals surface area contributed by atoms with Gasteiger partial charge in [0, 0.05) is 5.56 Å². The molecule has 1 atom stereocenters. The van der Waals surface area contributed by atoms with Crippen LogP contribution in [0.15, 0.2) is 42.5 Å². The van der Waals surface area contributed by atoms with E-state index >= 15 is 0 Å². The molecular formula is C15H12FNO3. The second-order valence-corrected chi connectivity index (χ2v) is 4.36. The molecule has 20 heavy (non-hydrogen) atoms. The van der Waals surface area contributed by atoms with Crippen LogP contribution >= 0.6 is 0 Å². The van der Waals surface area contributed by atoms with Gasteiger partial charge in [0.15, 0.2) is 6.23 Å². The van der Waals surface area contributed by atoms with Gasteiger partial charge in [-0.1, -0.05) is 18.2 Å². The summed E-state index contributed by atoms with van der Waals surface area (Å²) in [6.45, 7) is 0. The topological polar surface area (TPSA) is 47.6 Å². The summed E-state index contributed by atoms with van der Waals surface area (Å²) in [6, 6.07) is 11.1. The molecular weight excluding hydrogens is 261 g/mol. The number of carbonyl (C=O) groups excluding carboxylic acids is 1. The maximum atomic E-state index is 12.9. The molecule has 1 aliphatic heterocycles. The molecule has 2 aromatic carbocycles. The summed E-state index contributed by atoms with van der Waals surface area (Å²) in [6.07, 6.45) is -0.448. The monoisotopic (exact) mass is 273 g/mol. The summed E-state index contributed by atoms with van der Waals surface area (Å²) in [4.78, 5) is 11.7. The van der Waals surface area contributed by atoms with Gasteiger partial charge in [-0.3, -0.25) is 0 Å². The average Bonchev–Trinajstić information content (AvgIpc) is 2.91. The normalized spacial score (nSPS) is 16.0. The molecule has 1 N–H and O–H groups in total. The van der Waals surface area contributed by atoms with Crippen LogP contribution < -0.4 is 10.1 Å². The van der Waals surface area contributed by atoms with Crippen LogP contribution in [-0.2, 0) is 4.74 Å². The molecule has 3 rings (SSSR count). The zero-order valence-corrected chi connectivity index (χ0v) is 10.7. The predicted molar refractivity (Wildman–Crippen MR) is 71.2 cm³/mol. The molecule has 102 valence electrons. The maximum Gasteiger partial charge on any atom is 0.340 e. The lowest BCUT2D eigenvalue weighted by molar-refractivity contribution is 0.0602. The van der Waals surface area contributed by atoms with Crippen molar-refractivity contribution in [3.05, 3.63) is 59.4 Å². The summed E-state index contributed by atoms with van der Waals surface area (Å²) < 4.78 is 23.4. The first-order valence-electron chi connectivity index (χ1n) is 6.09. The molecule has 0 spiro atoms. The maximum absolute atomic E-state index is 12.9. The largest absolute Gasteiger partial charge is 0.465 e. The van der Waals surface area contributed by atoms with Crippen molar-refractivity contribution in [1.29, 1.82) is 0 Å². The molecule has 1 aliphatic rings. The van der Waals surface area contributed by atoms with Crippen molar-refractivity contribution in [2.24, 2.45) is 0 Å². The van der Waals surface area contributed by atoms with Gasteiger partial charge >= 0.3 is 5.97 Å². The van der Waals surface area contributed by atoms with E-state index in [4.69, 9.17) is 9.47 Å². The highest BCUT2D eigenvalue weighted by molar-refractivity contribution is 5.97. The number of benzene rings is 2. The third-order valence-corrected chi connectivity index (χ3v) is 3.12. The Balaban J connectivity index is 1.92. The quantitative estimate of drug-likeness (QED) is 0.854. The van der Waals surface area contributed by atoms with Gasteiger partial charge in [-0.25, -0.2) is 9.18 Å². The number of anilines is 1. The molecule has 0 saturated heterocycles. The molecule has 0 saturated carbocycles. The Morgan fingerprint density at radius 1 is 1.25 bits per heavy atom. The molecule has 0 bridgehead atoms. The summed E-state index contributed by atoms with van der Waals surface area (Å²) in [5.41, 5.74) is 1.78. The van der Waals surface area contributed by atoms with Crippen LogP contribution in [0.1, 0.15) is 22.1 Å². The Labute approximate surface area is 115 Å². The van der Waals surface area contributed by atoms with Gasteiger partial charge in [0.2, 0.25) is 0 Å². The summed E-state index contributed by atoms with van der Waals surface area (Å²) >= 11 is 0. The highest BCUT2D eigenvalue weighted by Gasteiger charge is 2.27. The number of hydrogen-bond acceptors (Lipinski definition) is 4. The molecule has 0 aromatic heterocycles. The molecule has 0 fully saturated rings. The number of fused-ring (bicyclic) bond motifs is 1. The third kappa shape index (κ3) is 2.07. The van der Waals surface area contributed by atoms with E-state index in [1.807, 2.05) is 0 Å². The van der Waals surface area contributed by atoms with E-state index in [-0.39, 0.29) is 5.82 Å². The molecule has 2 aromatic rings. The zero-order valence-electron chi connectivity index (χ0n) is 10.7. The van der Waals surface area contributed by atoms with Crippen LogP contribution in [0.2, 0.25) is 0 Å². The Bertz CT molecular complexity index is 655. The Morgan fingerprint density at radius 3 is 2.70 bits per heavy atom. The average molecular weight is 273 g/mol. The Morgan fingerprint density at radius 2 is 2.00 bits per heavy atom. The minimum absolute atomic E-state index is 0.306. The molecule has 0 radical (unpaired) electrons. The molecule has 0 amide bonds. The van der Waals surface area contributed by atoms with E-state index in [1.165, 1.54) is 19.2 Å². The molecule has 4 nitrogen and oxygen atoms in total. The van der Waals surface area contributed by atoms with Gasteiger partial charge in [0.25, 0.3) is 0 Å². The molecule has 1 unspecified atom stereocenters. The van der Waals surface area contributed by atoms with Gasteiger partial charge < -0.3 is 14.8 Å². The Kier molecular flexibility index (Phi) is 3.02. The van der Waals surface area contributed by atoms with Crippen LogP contribution in [0.25, 0.3) is 0 Å². The summed E-state index contributed by atoms with van der Waals surface area (Å²) in [7, 11) is 1.33. The number of para-hydroxylation sites is 1. The molecule has 5 heteroatoms. The minimum atomic E-state index is -0.448. The number of rotatable bonds is 2. The van der Waals surface area contributed by atoms with Crippen LogP contribution in [0.3, 0.4) is 0 Å². The van der Waals surface area contributed by atoms with Gasteiger partial charge in [-0.15, -0.1) is 0 Å². The fourth-order valence-corrected chi connectivity index (χ4v) is 2.13. The zero-order chi connectivity index (χ0) is 14.1. The lowest BCUT2D eigenvalue weighted by Crippen LogP contribution is -2.11. The van der Waals surface area contributed by atoms with Crippen molar-refractivity contribution in [3.8, 4) is 5.75 Å². The first-order valence-corrected chi connectivity index (χ1v) is 6.09. The first kappa shape index (κ1) is 12.5. The number of halogens is 1. The van der Waals surface area contributed by atoms with E-state index in [1.54, 1.807) is 30.3 Å². The highest BCUT2D eigenvalue weighted by atomic mass is 19.1. The summed E-state index contributed by atoms with van der Waals surface area (Å²) in [5.74, 6) is -0.167. The second-order valence-electron chi connectivity index (χ2n) is 4.36. The van der Waals surface area contributed by atoms with Crippen molar-refractivity contribution < 1.29 is 18.7 Å². The van der Waals surface area contributed by atoms with E-state index in [0.717, 1.165) is 5.56 Å². The fraction of sp³-hybridized carbons (Fsp3) is 0.133. The van der Waals surface area contributed by atoms with Gasteiger partial charge in [-0.05, 0) is 24.3 Å². The minimum Gasteiger partial charge on any atom is -0.465 e. The number of nitrogens with one attached hydrogen (secondary N) is 1. The lowest BCUT2D eigenvalue weighted by atomic mass is 10.1.